The maximum absolute atomic E-state index is 13.0. The number of alkyl halides is 3. The molecule has 3 rings (SSSR count). The molecule has 0 bridgehead atoms. The number of hydrogen-bond donors (Lipinski definition) is 2. The van der Waals surface area contributed by atoms with Gasteiger partial charge in [0, 0.05) is 12.1 Å². The number of nitrogens with two attached hydrogens (primary N) is 1. The van der Waals surface area contributed by atoms with Gasteiger partial charge in [-0.05, 0) is 69.2 Å². The van der Waals surface area contributed by atoms with Crippen molar-refractivity contribution >= 4 is 0 Å². The fourth-order valence-corrected chi connectivity index (χ4v) is 4.16. The molecule has 3 aliphatic rings. The van der Waals surface area contributed by atoms with Crippen LogP contribution in [-0.4, -0.2) is 24.8 Å². The van der Waals surface area contributed by atoms with Crippen LogP contribution in [0.1, 0.15) is 51.4 Å². The van der Waals surface area contributed by atoms with Crippen LogP contribution >= 0.6 is 0 Å². The second kappa shape index (κ2) is 5.73. The monoisotopic (exact) mass is 304 g/mol. The predicted octanol–water partition coefficient (Wildman–Crippen LogP) is 3.46. The summed E-state index contributed by atoms with van der Waals surface area (Å²) in [5, 5.41) is 3.50. The van der Waals surface area contributed by atoms with Crippen molar-refractivity contribution in [2.45, 2.75) is 63.1 Å². The molecule has 3 N–H and O–H groups in total. The van der Waals surface area contributed by atoms with E-state index in [0.717, 1.165) is 24.8 Å². The van der Waals surface area contributed by atoms with Crippen LogP contribution in [-0.2, 0) is 0 Å². The minimum atomic E-state index is -4.07. The van der Waals surface area contributed by atoms with Gasteiger partial charge in [-0.1, -0.05) is 6.42 Å². The Morgan fingerprint density at radius 1 is 1.10 bits per heavy atom. The first-order valence-electron chi connectivity index (χ1n) is 8.45. The van der Waals surface area contributed by atoms with Gasteiger partial charge in [0.2, 0.25) is 0 Å². The molecule has 2 nitrogen and oxygen atoms in total. The molecule has 3 aliphatic carbocycles. The van der Waals surface area contributed by atoms with Crippen molar-refractivity contribution < 1.29 is 13.2 Å². The smallest absolute Gasteiger partial charge is 0.329 e. The minimum Gasteiger partial charge on any atom is -0.329 e. The summed E-state index contributed by atoms with van der Waals surface area (Å²) < 4.78 is 39.1. The highest BCUT2D eigenvalue weighted by molar-refractivity contribution is 4.99. The molecular formula is C16H27F3N2. The van der Waals surface area contributed by atoms with Crippen LogP contribution in [0, 0.1) is 23.7 Å². The van der Waals surface area contributed by atoms with E-state index >= 15 is 0 Å². The van der Waals surface area contributed by atoms with Gasteiger partial charge in [0.05, 0.1) is 5.92 Å². The molecule has 3 saturated carbocycles. The molecule has 0 saturated heterocycles. The maximum Gasteiger partial charge on any atom is 0.391 e. The Bertz CT molecular complexity index is 351. The highest BCUT2D eigenvalue weighted by atomic mass is 19.4. The summed E-state index contributed by atoms with van der Waals surface area (Å²) in [6.45, 7) is 1.19. The van der Waals surface area contributed by atoms with Gasteiger partial charge >= 0.3 is 6.18 Å². The van der Waals surface area contributed by atoms with E-state index in [9.17, 15) is 13.2 Å². The molecule has 21 heavy (non-hydrogen) atoms. The SMILES string of the molecule is NCC1(NCC(C2CC2)C2CC2)CCCC(C(F)(F)F)C1. The number of hydrogen-bond acceptors (Lipinski definition) is 2. The second-order valence-corrected chi connectivity index (χ2v) is 7.54. The largest absolute Gasteiger partial charge is 0.391 e. The van der Waals surface area contributed by atoms with Gasteiger partial charge in [-0.3, -0.25) is 0 Å². The first kappa shape index (κ1) is 15.6. The van der Waals surface area contributed by atoms with E-state index in [0.29, 0.717) is 18.9 Å². The Hall–Kier alpha value is -0.290. The van der Waals surface area contributed by atoms with Crippen molar-refractivity contribution in [2.24, 2.45) is 29.4 Å². The third-order valence-corrected chi connectivity index (χ3v) is 5.87. The molecule has 2 atom stereocenters. The Labute approximate surface area is 125 Å². The number of nitrogens with one attached hydrogen (secondary N) is 1. The standard InChI is InChI=1S/C16H27F3N2/c17-16(18,19)13-2-1-7-15(8-13,10-20)21-9-14(11-3-4-11)12-5-6-12/h11-14,21H,1-10,20H2. The Morgan fingerprint density at radius 3 is 2.19 bits per heavy atom. The van der Waals surface area contributed by atoms with Crippen LogP contribution < -0.4 is 11.1 Å². The maximum atomic E-state index is 13.0. The summed E-state index contributed by atoms with van der Waals surface area (Å²) in [7, 11) is 0. The van der Waals surface area contributed by atoms with Crippen LogP contribution in [0.25, 0.3) is 0 Å². The van der Waals surface area contributed by atoms with Gasteiger partial charge in [-0.25, -0.2) is 0 Å². The zero-order chi connectivity index (χ0) is 15.1. The number of rotatable bonds is 6. The van der Waals surface area contributed by atoms with Crippen LogP contribution in [0.3, 0.4) is 0 Å². The van der Waals surface area contributed by atoms with Gasteiger partial charge < -0.3 is 11.1 Å². The molecule has 5 heteroatoms. The van der Waals surface area contributed by atoms with Crippen molar-refractivity contribution in [3.63, 3.8) is 0 Å². The highest BCUT2D eigenvalue weighted by Gasteiger charge is 2.48. The van der Waals surface area contributed by atoms with Gasteiger partial charge in [0.25, 0.3) is 0 Å². The van der Waals surface area contributed by atoms with Crippen molar-refractivity contribution in [1.29, 1.82) is 0 Å². The molecule has 0 radical (unpaired) electrons. The van der Waals surface area contributed by atoms with Crippen LogP contribution in [0.4, 0.5) is 13.2 Å². The molecule has 0 aromatic carbocycles. The summed E-state index contributed by atoms with van der Waals surface area (Å²) in [5.74, 6) is 1.14. The van der Waals surface area contributed by atoms with Gasteiger partial charge in [0.15, 0.2) is 0 Å². The molecular weight excluding hydrogens is 277 g/mol. The summed E-state index contributed by atoms with van der Waals surface area (Å²) in [4.78, 5) is 0. The normalized spacial score (nSPS) is 34.4. The summed E-state index contributed by atoms with van der Waals surface area (Å²) in [6.07, 6.45) is 3.01. The lowest BCUT2D eigenvalue weighted by atomic mass is 9.75. The molecule has 0 aromatic rings. The zero-order valence-electron chi connectivity index (χ0n) is 12.6. The topological polar surface area (TPSA) is 38.0 Å². The first-order chi connectivity index (χ1) is 9.93. The van der Waals surface area contributed by atoms with Crippen molar-refractivity contribution in [3.8, 4) is 0 Å². The average molecular weight is 304 g/mol. The minimum absolute atomic E-state index is 0.162. The molecule has 0 aliphatic heterocycles. The lowest BCUT2D eigenvalue weighted by Gasteiger charge is -2.42. The fourth-order valence-electron chi connectivity index (χ4n) is 4.16. The summed E-state index contributed by atoms with van der Waals surface area (Å²) >= 11 is 0. The first-order valence-corrected chi connectivity index (χ1v) is 8.45. The van der Waals surface area contributed by atoms with E-state index < -0.39 is 17.6 Å². The summed E-state index contributed by atoms with van der Waals surface area (Å²) in [6, 6.07) is 0. The predicted molar refractivity (Wildman–Crippen MR) is 76.7 cm³/mol. The van der Waals surface area contributed by atoms with E-state index in [4.69, 9.17) is 5.73 Å². The van der Waals surface area contributed by atoms with Crippen molar-refractivity contribution in [2.75, 3.05) is 13.1 Å². The molecule has 2 unspecified atom stereocenters. The van der Waals surface area contributed by atoms with E-state index in [1.54, 1.807) is 0 Å². The van der Waals surface area contributed by atoms with Crippen molar-refractivity contribution in [3.05, 3.63) is 0 Å². The molecule has 0 heterocycles. The summed E-state index contributed by atoms with van der Waals surface area (Å²) in [5.41, 5.74) is 5.40. The van der Waals surface area contributed by atoms with Gasteiger partial charge in [-0.2, -0.15) is 13.2 Å². The molecule has 0 amide bonds. The Balaban J connectivity index is 1.59. The van der Waals surface area contributed by atoms with Gasteiger partial charge in [-0.15, -0.1) is 0 Å². The highest BCUT2D eigenvalue weighted by Crippen LogP contribution is 2.49. The lowest BCUT2D eigenvalue weighted by molar-refractivity contribution is -0.188. The van der Waals surface area contributed by atoms with Crippen LogP contribution in [0.15, 0.2) is 0 Å². The zero-order valence-corrected chi connectivity index (χ0v) is 12.6. The molecule has 3 fully saturated rings. The van der Waals surface area contributed by atoms with Crippen LogP contribution in [0.2, 0.25) is 0 Å². The van der Waals surface area contributed by atoms with Crippen LogP contribution in [0.5, 0.6) is 0 Å². The second-order valence-electron chi connectivity index (χ2n) is 7.54. The number of halogens is 3. The quantitative estimate of drug-likeness (QED) is 0.788. The van der Waals surface area contributed by atoms with E-state index in [2.05, 4.69) is 5.32 Å². The lowest BCUT2D eigenvalue weighted by Crippen LogP contribution is -2.56. The fraction of sp³-hybridized carbons (Fsp3) is 1.00. The van der Waals surface area contributed by atoms with E-state index in [1.165, 1.54) is 25.7 Å². The molecule has 122 valence electrons. The van der Waals surface area contributed by atoms with Gasteiger partial charge in [0.1, 0.15) is 0 Å². The van der Waals surface area contributed by atoms with E-state index in [-0.39, 0.29) is 12.8 Å². The average Bonchev–Trinajstić information content (AvgIpc) is 3.32. The molecule has 0 spiro atoms. The third-order valence-electron chi connectivity index (χ3n) is 5.87. The van der Waals surface area contributed by atoms with E-state index in [1.807, 2.05) is 0 Å². The third kappa shape index (κ3) is 3.73. The Morgan fingerprint density at radius 2 is 1.71 bits per heavy atom. The molecule has 0 aromatic heterocycles. The Kier molecular flexibility index (Phi) is 4.25. The van der Waals surface area contributed by atoms with Crippen molar-refractivity contribution in [1.82, 2.24) is 5.32 Å².